The number of ether oxygens (including phenoxy) is 1. The molecule has 1 heterocycles. The highest BCUT2D eigenvalue weighted by Gasteiger charge is 2.15. The van der Waals surface area contributed by atoms with Crippen molar-refractivity contribution in [2.75, 3.05) is 49.8 Å². The van der Waals surface area contributed by atoms with Crippen molar-refractivity contribution in [3.63, 3.8) is 0 Å². The van der Waals surface area contributed by atoms with Crippen molar-refractivity contribution in [2.45, 2.75) is 6.92 Å². The van der Waals surface area contributed by atoms with Crippen LogP contribution in [0.5, 0.6) is 5.75 Å². The van der Waals surface area contributed by atoms with Crippen LogP contribution in [0.1, 0.15) is 6.92 Å². The second-order valence-electron chi connectivity index (χ2n) is 4.97. The lowest BCUT2D eigenvalue weighted by molar-refractivity contribution is 0.254. The second kappa shape index (κ2) is 7.63. The van der Waals surface area contributed by atoms with Gasteiger partial charge in [0.05, 0.1) is 18.0 Å². The van der Waals surface area contributed by atoms with E-state index in [1.165, 1.54) is 0 Å². The maximum atomic E-state index is 12.1. The van der Waals surface area contributed by atoms with Crippen molar-refractivity contribution < 1.29 is 13.2 Å². The predicted molar refractivity (Wildman–Crippen MR) is 84.3 cm³/mol. The largest absolute Gasteiger partial charge is 0.494 e. The Morgan fingerprint density at radius 1 is 1.33 bits per heavy atom. The lowest BCUT2D eigenvalue weighted by Crippen LogP contribution is -2.45. The molecule has 1 aromatic rings. The molecule has 0 spiro atoms. The van der Waals surface area contributed by atoms with Gasteiger partial charge in [-0.05, 0) is 19.1 Å². The first-order chi connectivity index (χ1) is 10.1. The summed E-state index contributed by atoms with van der Waals surface area (Å²) in [7, 11) is -3.33. The van der Waals surface area contributed by atoms with Crippen LogP contribution in [0, 0.1) is 0 Å². The van der Waals surface area contributed by atoms with Gasteiger partial charge in [-0.15, -0.1) is 0 Å². The topological polar surface area (TPSA) is 70.7 Å². The highest BCUT2D eigenvalue weighted by molar-refractivity contribution is 7.92. The molecule has 2 N–H and O–H groups in total. The number of piperazine rings is 1. The van der Waals surface area contributed by atoms with Gasteiger partial charge < -0.3 is 10.1 Å². The summed E-state index contributed by atoms with van der Waals surface area (Å²) in [6, 6.07) is 7.01. The maximum Gasteiger partial charge on any atom is 0.233 e. The molecule has 0 unspecified atom stereocenters. The highest BCUT2D eigenvalue weighted by Crippen LogP contribution is 2.18. The molecule has 0 amide bonds. The summed E-state index contributed by atoms with van der Waals surface area (Å²) in [5.74, 6) is 0.770. The number of hydrogen-bond acceptors (Lipinski definition) is 5. The van der Waals surface area contributed by atoms with Gasteiger partial charge in [0.15, 0.2) is 0 Å². The summed E-state index contributed by atoms with van der Waals surface area (Å²) in [5.41, 5.74) is 0.543. The fraction of sp³-hybridized carbons (Fsp3) is 0.571. The quantitative estimate of drug-likeness (QED) is 0.777. The van der Waals surface area contributed by atoms with Gasteiger partial charge in [-0.25, -0.2) is 8.42 Å². The van der Waals surface area contributed by atoms with Crippen molar-refractivity contribution in [1.29, 1.82) is 0 Å². The van der Waals surface area contributed by atoms with E-state index in [1.54, 1.807) is 18.2 Å². The third kappa shape index (κ3) is 5.53. The molecule has 1 saturated heterocycles. The first kappa shape index (κ1) is 16.1. The number of nitrogens with zero attached hydrogens (tertiary/aromatic N) is 1. The Morgan fingerprint density at radius 2 is 2.10 bits per heavy atom. The number of nitrogens with one attached hydrogen (secondary N) is 2. The molecule has 1 aliphatic heterocycles. The van der Waals surface area contributed by atoms with E-state index < -0.39 is 10.0 Å². The standard InChI is InChI=1S/C14H23N3O3S/c1-2-20-14-5-3-4-13(12-14)16-21(18,19)11-10-17-8-6-15-7-9-17/h3-5,12,15-16H,2,6-11H2,1H3. The molecule has 1 aliphatic rings. The van der Waals surface area contributed by atoms with Crippen molar-refractivity contribution in [3.05, 3.63) is 24.3 Å². The fourth-order valence-corrected chi connectivity index (χ4v) is 3.32. The minimum absolute atomic E-state index is 0.103. The van der Waals surface area contributed by atoms with Gasteiger partial charge in [-0.2, -0.15) is 0 Å². The summed E-state index contributed by atoms with van der Waals surface area (Å²) >= 11 is 0. The smallest absolute Gasteiger partial charge is 0.233 e. The van der Waals surface area contributed by atoms with Gasteiger partial charge in [0, 0.05) is 38.8 Å². The lowest BCUT2D eigenvalue weighted by atomic mass is 10.3. The number of benzene rings is 1. The zero-order chi connectivity index (χ0) is 15.1. The van der Waals surface area contributed by atoms with Gasteiger partial charge in [-0.3, -0.25) is 9.62 Å². The molecule has 0 aromatic heterocycles. The van der Waals surface area contributed by atoms with Crippen LogP contribution in [0.25, 0.3) is 0 Å². The van der Waals surface area contributed by atoms with Gasteiger partial charge in [0.25, 0.3) is 0 Å². The number of anilines is 1. The van der Waals surface area contributed by atoms with E-state index in [4.69, 9.17) is 4.74 Å². The molecule has 0 saturated carbocycles. The Bertz CT molecular complexity index is 542. The molecule has 21 heavy (non-hydrogen) atoms. The normalized spacial score (nSPS) is 16.6. The Balaban J connectivity index is 1.89. The molecule has 0 atom stereocenters. The average molecular weight is 313 g/mol. The van der Waals surface area contributed by atoms with Gasteiger partial charge in [-0.1, -0.05) is 6.07 Å². The molecular formula is C14H23N3O3S. The van der Waals surface area contributed by atoms with Crippen LogP contribution < -0.4 is 14.8 Å². The lowest BCUT2D eigenvalue weighted by Gasteiger charge is -2.26. The number of rotatable bonds is 7. The van der Waals surface area contributed by atoms with Crippen molar-refractivity contribution >= 4 is 15.7 Å². The Kier molecular flexibility index (Phi) is 5.84. The molecule has 7 heteroatoms. The molecular weight excluding hydrogens is 290 g/mol. The van der Waals surface area contributed by atoms with Crippen LogP contribution in [0.3, 0.4) is 0 Å². The zero-order valence-electron chi connectivity index (χ0n) is 12.3. The predicted octanol–water partition coefficient (Wildman–Crippen LogP) is 0.732. The zero-order valence-corrected chi connectivity index (χ0v) is 13.2. The second-order valence-corrected chi connectivity index (χ2v) is 6.82. The van der Waals surface area contributed by atoms with Crippen LogP contribution >= 0.6 is 0 Å². The van der Waals surface area contributed by atoms with E-state index in [-0.39, 0.29) is 5.75 Å². The number of sulfonamides is 1. The number of hydrogen-bond donors (Lipinski definition) is 2. The maximum absolute atomic E-state index is 12.1. The van der Waals surface area contributed by atoms with E-state index in [0.717, 1.165) is 26.2 Å². The summed E-state index contributed by atoms with van der Waals surface area (Å²) in [5, 5.41) is 3.25. The highest BCUT2D eigenvalue weighted by atomic mass is 32.2. The van der Waals surface area contributed by atoms with Gasteiger partial charge in [0.1, 0.15) is 5.75 Å². The van der Waals surface area contributed by atoms with Crippen molar-refractivity contribution in [2.24, 2.45) is 0 Å². The monoisotopic (exact) mass is 313 g/mol. The van der Waals surface area contributed by atoms with Gasteiger partial charge in [0.2, 0.25) is 10.0 Å². The third-order valence-electron chi connectivity index (χ3n) is 3.30. The average Bonchev–Trinajstić information content (AvgIpc) is 2.47. The van der Waals surface area contributed by atoms with E-state index in [1.807, 2.05) is 13.0 Å². The first-order valence-corrected chi connectivity index (χ1v) is 8.91. The minimum Gasteiger partial charge on any atom is -0.494 e. The molecule has 1 fully saturated rings. The third-order valence-corrected chi connectivity index (χ3v) is 4.57. The van der Waals surface area contributed by atoms with Crippen LogP contribution in [0.4, 0.5) is 5.69 Å². The molecule has 0 bridgehead atoms. The molecule has 0 radical (unpaired) electrons. The van der Waals surface area contributed by atoms with Crippen LogP contribution in [-0.4, -0.2) is 58.4 Å². The van der Waals surface area contributed by atoms with Crippen molar-refractivity contribution in [3.8, 4) is 5.75 Å². The van der Waals surface area contributed by atoms with Crippen LogP contribution in [0.15, 0.2) is 24.3 Å². The Labute approximate surface area is 126 Å². The van der Waals surface area contributed by atoms with Gasteiger partial charge >= 0.3 is 0 Å². The Morgan fingerprint density at radius 3 is 2.81 bits per heavy atom. The molecule has 6 nitrogen and oxygen atoms in total. The van der Waals surface area contributed by atoms with E-state index >= 15 is 0 Å². The molecule has 0 aliphatic carbocycles. The Hall–Kier alpha value is -1.31. The summed E-state index contributed by atoms with van der Waals surface area (Å²) < 4.78 is 32.2. The molecule has 1 aromatic carbocycles. The first-order valence-electron chi connectivity index (χ1n) is 7.25. The summed E-state index contributed by atoms with van der Waals surface area (Å²) in [4.78, 5) is 2.16. The van der Waals surface area contributed by atoms with E-state index in [0.29, 0.717) is 24.6 Å². The minimum atomic E-state index is -3.33. The summed E-state index contributed by atoms with van der Waals surface area (Å²) in [6.45, 7) is 6.64. The van der Waals surface area contributed by atoms with E-state index in [9.17, 15) is 8.42 Å². The van der Waals surface area contributed by atoms with Crippen LogP contribution in [-0.2, 0) is 10.0 Å². The summed E-state index contributed by atoms with van der Waals surface area (Å²) in [6.07, 6.45) is 0. The van der Waals surface area contributed by atoms with Crippen LogP contribution in [0.2, 0.25) is 0 Å². The van der Waals surface area contributed by atoms with E-state index in [2.05, 4.69) is 14.9 Å². The fourth-order valence-electron chi connectivity index (χ4n) is 2.23. The molecule has 118 valence electrons. The van der Waals surface area contributed by atoms with Crippen molar-refractivity contribution in [1.82, 2.24) is 10.2 Å². The molecule has 2 rings (SSSR count). The SMILES string of the molecule is CCOc1cccc(NS(=O)(=O)CCN2CCNCC2)c1.